The number of fused-ring (bicyclic) bond motifs is 1. The van der Waals surface area contributed by atoms with Gasteiger partial charge in [-0.25, -0.2) is 4.39 Å². The van der Waals surface area contributed by atoms with E-state index in [1.807, 2.05) is 13.8 Å². The van der Waals surface area contributed by atoms with Crippen LogP contribution in [-0.2, 0) is 12.8 Å². The molecule has 1 heterocycles. The van der Waals surface area contributed by atoms with Gasteiger partial charge in [0.1, 0.15) is 5.82 Å². The molecule has 0 aromatic heterocycles. The summed E-state index contributed by atoms with van der Waals surface area (Å²) in [5.41, 5.74) is 6.62. The molecule has 1 N–H and O–H groups in total. The monoisotopic (exact) mass is 283 g/mol. The third kappa shape index (κ3) is 2.94. The van der Waals surface area contributed by atoms with E-state index < -0.39 is 0 Å². The molecule has 0 radical (unpaired) electrons. The summed E-state index contributed by atoms with van der Waals surface area (Å²) in [6.07, 6.45) is 2.93. The highest BCUT2D eigenvalue weighted by atomic mass is 19.1. The zero-order chi connectivity index (χ0) is 15.0. The van der Waals surface area contributed by atoms with E-state index in [1.165, 1.54) is 16.8 Å². The van der Waals surface area contributed by atoms with Crippen LogP contribution < -0.4 is 5.32 Å². The lowest BCUT2D eigenvalue weighted by Gasteiger charge is -2.24. The first-order valence-electron chi connectivity index (χ1n) is 7.67. The summed E-state index contributed by atoms with van der Waals surface area (Å²) in [7, 11) is 0. The van der Waals surface area contributed by atoms with Gasteiger partial charge in [-0.2, -0.15) is 0 Å². The highest BCUT2D eigenvalue weighted by Crippen LogP contribution is 2.27. The Balaban J connectivity index is 1.89. The van der Waals surface area contributed by atoms with Crippen LogP contribution in [0.3, 0.4) is 0 Å². The van der Waals surface area contributed by atoms with E-state index in [4.69, 9.17) is 0 Å². The van der Waals surface area contributed by atoms with Gasteiger partial charge in [0.2, 0.25) is 0 Å². The molecule has 1 nitrogen and oxygen atoms in total. The molecule has 1 aliphatic heterocycles. The van der Waals surface area contributed by atoms with Crippen LogP contribution >= 0.6 is 0 Å². The van der Waals surface area contributed by atoms with Crippen molar-refractivity contribution in [2.75, 3.05) is 5.32 Å². The summed E-state index contributed by atoms with van der Waals surface area (Å²) in [6, 6.07) is 10.7. The maximum absolute atomic E-state index is 14.2. The third-order valence-corrected chi connectivity index (χ3v) is 4.36. The fraction of sp³-hybridized carbons (Fsp3) is 0.368. The van der Waals surface area contributed by atoms with Crippen molar-refractivity contribution in [3.63, 3.8) is 0 Å². The number of hydrogen-bond donors (Lipinski definition) is 1. The molecule has 2 aromatic rings. The second kappa shape index (κ2) is 5.51. The van der Waals surface area contributed by atoms with E-state index in [1.54, 1.807) is 6.07 Å². The maximum Gasteiger partial charge on any atom is 0.127 e. The van der Waals surface area contributed by atoms with Crippen LogP contribution in [0.2, 0.25) is 0 Å². The van der Waals surface area contributed by atoms with Crippen LogP contribution in [0.15, 0.2) is 30.3 Å². The zero-order valence-electron chi connectivity index (χ0n) is 13.0. The van der Waals surface area contributed by atoms with Crippen molar-refractivity contribution >= 4 is 5.69 Å². The summed E-state index contributed by atoms with van der Waals surface area (Å²) >= 11 is 0. The van der Waals surface area contributed by atoms with Crippen LogP contribution in [0.25, 0.3) is 0 Å². The fourth-order valence-corrected chi connectivity index (χ4v) is 3.19. The Kier molecular flexibility index (Phi) is 3.71. The molecule has 0 spiro atoms. The van der Waals surface area contributed by atoms with Crippen LogP contribution in [0.5, 0.6) is 0 Å². The van der Waals surface area contributed by atoms with E-state index in [0.29, 0.717) is 12.5 Å². The molecule has 0 saturated heterocycles. The average molecular weight is 283 g/mol. The highest BCUT2D eigenvalue weighted by Gasteiger charge is 2.15. The van der Waals surface area contributed by atoms with Crippen molar-refractivity contribution < 1.29 is 4.39 Å². The minimum absolute atomic E-state index is 0.0861. The lowest BCUT2D eigenvalue weighted by molar-refractivity contribution is 0.610. The number of benzene rings is 2. The van der Waals surface area contributed by atoms with Gasteiger partial charge in [0, 0.05) is 18.2 Å². The number of rotatable bonds is 2. The summed E-state index contributed by atoms with van der Waals surface area (Å²) in [4.78, 5) is 0. The first-order valence-corrected chi connectivity index (χ1v) is 7.67. The predicted molar refractivity (Wildman–Crippen MR) is 86.5 cm³/mol. The van der Waals surface area contributed by atoms with Gasteiger partial charge in [-0.3, -0.25) is 0 Å². The lowest BCUT2D eigenvalue weighted by Crippen LogP contribution is -2.21. The normalized spacial score (nSPS) is 17.2. The van der Waals surface area contributed by atoms with Gasteiger partial charge < -0.3 is 5.32 Å². The molecule has 0 aliphatic carbocycles. The van der Waals surface area contributed by atoms with Crippen molar-refractivity contribution in [3.05, 3.63) is 64.0 Å². The average Bonchev–Trinajstić information content (AvgIpc) is 2.43. The largest absolute Gasteiger partial charge is 0.382 e. The van der Waals surface area contributed by atoms with E-state index in [0.717, 1.165) is 29.5 Å². The molecule has 1 aliphatic rings. The second-order valence-electron chi connectivity index (χ2n) is 6.29. The van der Waals surface area contributed by atoms with Gasteiger partial charge in [-0.05, 0) is 73.6 Å². The topological polar surface area (TPSA) is 12.0 Å². The minimum Gasteiger partial charge on any atom is -0.382 e. The number of halogens is 1. The summed E-state index contributed by atoms with van der Waals surface area (Å²) in [5, 5.41) is 3.51. The van der Waals surface area contributed by atoms with Crippen LogP contribution in [0, 0.1) is 19.7 Å². The molecule has 1 atom stereocenters. The van der Waals surface area contributed by atoms with Crippen LogP contribution in [0.1, 0.15) is 41.2 Å². The molecule has 0 saturated carbocycles. The number of nitrogens with one attached hydrogen (secondary N) is 1. The Morgan fingerprint density at radius 1 is 1.19 bits per heavy atom. The van der Waals surface area contributed by atoms with Crippen molar-refractivity contribution in [2.45, 2.75) is 46.1 Å². The quantitative estimate of drug-likeness (QED) is 0.836. The second-order valence-corrected chi connectivity index (χ2v) is 6.29. The van der Waals surface area contributed by atoms with Gasteiger partial charge in [-0.1, -0.05) is 18.2 Å². The Hall–Kier alpha value is -1.83. The third-order valence-electron chi connectivity index (χ3n) is 4.36. The van der Waals surface area contributed by atoms with Gasteiger partial charge in [-0.15, -0.1) is 0 Å². The van der Waals surface area contributed by atoms with E-state index in [9.17, 15) is 4.39 Å². The van der Waals surface area contributed by atoms with Gasteiger partial charge in [0.15, 0.2) is 0 Å². The predicted octanol–water partition coefficient (Wildman–Crippen LogP) is 4.78. The molecular weight excluding hydrogens is 261 g/mol. The SMILES string of the molecule is Cc1cc(C)c(Cc2ccc3c(c2)CCC(C)N3)c(F)c1. The Labute approximate surface area is 126 Å². The maximum atomic E-state index is 14.2. The minimum atomic E-state index is -0.0861. The van der Waals surface area contributed by atoms with Crippen LogP contribution in [-0.4, -0.2) is 6.04 Å². The number of anilines is 1. The van der Waals surface area contributed by atoms with Gasteiger partial charge >= 0.3 is 0 Å². The molecule has 21 heavy (non-hydrogen) atoms. The summed E-state index contributed by atoms with van der Waals surface area (Å²) in [5.74, 6) is -0.0861. The van der Waals surface area contributed by atoms with Crippen LogP contribution in [0.4, 0.5) is 10.1 Å². The first kappa shape index (κ1) is 14.1. The van der Waals surface area contributed by atoms with Crippen molar-refractivity contribution in [2.24, 2.45) is 0 Å². The summed E-state index contributed by atoms with van der Waals surface area (Å²) < 4.78 is 14.2. The molecule has 0 fully saturated rings. The summed E-state index contributed by atoms with van der Waals surface area (Å²) in [6.45, 7) is 6.14. The van der Waals surface area contributed by atoms with E-state index >= 15 is 0 Å². The molecule has 110 valence electrons. The molecule has 3 rings (SSSR count). The first-order chi connectivity index (χ1) is 10.0. The molecule has 2 heteroatoms. The smallest absolute Gasteiger partial charge is 0.127 e. The zero-order valence-corrected chi connectivity index (χ0v) is 13.0. The van der Waals surface area contributed by atoms with E-state index in [2.05, 4.69) is 36.5 Å². The Morgan fingerprint density at radius 3 is 2.76 bits per heavy atom. The van der Waals surface area contributed by atoms with Gasteiger partial charge in [0.05, 0.1) is 0 Å². The standard InChI is InChI=1S/C19H22FN/c1-12-8-13(2)17(18(20)9-12)11-15-5-7-19-16(10-15)6-4-14(3)21-19/h5,7-10,14,21H,4,6,11H2,1-3H3. The van der Waals surface area contributed by atoms with E-state index in [-0.39, 0.29) is 5.82 Å². The molecule has 0 bridgehead atoms. The molecular formula is C19H22FN. The molecule has 1 unspecified atom stereocenters. The number of hydrogen-bond acceptors (Lipinski definition) is 1. The fourth-order valence-electron chi connectivity index (χ4n) is 3.19. The Morgan fingerprint density at radius 2 is 2.00 bits per heavy atom. The van der Waals surface area contributed by atoms with Gasteiger partial charge in [0.25, 0.3) is 0 Å². The molecule has 2 aromatic carbocycles. The lowest BCUT2D eigenvalue weighted by atomic mass is 9.93. The number of aryl methyl sites for hydroxylation is 3. The van der Waals surface area contributed by atoms with Crippen molar-refractivity contribution in [3.8, 4) is 0 Å². The van der Waals surface area contributed by atoms with Crippen molar-refractivity contribution in [1.82, 2.24) is 0 Å². The highest BCUT2D eigenvalue weighted by molar-refractivity contribution is 5.55. The van der Waals surface area contributed by atoms with Crippen molar-refractivity contribution in [1.29, 1.82) is 0 Å². The molecule has 0 amide bonds. The Bertz CT molecular complexity index is 652.